The van der Waals surface area contributed by atoms with E-state index in [1.54, 1.807) is 27.2 Å². The predicted octanol–water partition coefficient (Wildman–Crippen LogP) is 5.14. The monoisotopic (exact) mass is 535 g/mol. The highest BCUT2D eigenvalue weighted by Crippen LogP contribution is 2.48. The highest BCUT2D eigenvalue weighted by molar-refractivity contribution is 8.16. The van der Waals surface area contributed by atoms with Gasteiger partial charge in [0.05, 0.1) is 44.6 Å². The van der Waals surface area contributed by atoms with Crippen molar-refractivity contribution in [2.45, 2.75) is 33.2 Å². The van der Waals surface area contributed by atoms with Crippen LogP contribution >= 0.6 is 11.8 Å². The summed E-state index contributed by atoms with van der Waals surface area (Å²) in [7, 11) is 3.17. The van der Waals surface area contributed by atoms with Crippen molar-refractivity contribution in [3.05, 3.63) is 76.3 Å². The van der Waals surface area contributed by atoms with E-state index in [0.29, 0.717) is 40.4 Å². The molecule has 8 nitrogen and oxygen atoms in total. The summed E-state index contributed by atoms with van der Waals surface area (Å²) in [6.07, 6.45) is 0.146. The molecule has 4 rings (SSSR count). The minimum atomic E-state index is -0.625. The lowest BCUT2D eigenvalue weighted by atomic mass is 9.91. The summed E-state index contributed by atoms with van der Waals surface area (Å²) in [5.41, 5.74) is 3.21. The molecule has 38 heavy (non-hydrogen) atoms. The first-order chi connectivity index (χ1) is 18.4. The summed E-state index contributed by atoms with van der Waals surface area (Å²) in [5.74, 6) is 0.937. The lowest BCUT2D eigenvalue weighted by Crippen LogP contribution is -2.38. The van der Waals surface area contributed by atoms with Gasteiger partial charge in [-0.15, -0.1) is 0 Å². The zero-order valence-corrected chi connectivity index (χ0v) is 23.1. The Balaban J connectivity index is 1.89. The Morgan fingerprint density at radius 2 is 1.76 bits per heavy atom. The molecule has 2 aromatic carbocycles. The number of nitrogens with zero attached hydrogens (tertiary/aromatic N) is 2. The average Bonchev–Trinajstić information content (AvgIpc) is 3.33. The Kier molecular flexibility index (Phi) is 8.78. The number of aliphatic imine (C=N–C) groups is 1. The van der Waals surface area contributed by atoms with Crippen LogP contribution in [-0.2, 0) is 14.3 Å². The van der Waals surface area contributed by atoms with Crippen molar-refractivity contribution in [2.24, 2.45) is 10.9 Å². The van der Waals surface area contributed by atoms with E-state index in [1.165, 1.54) is 11.8 Å². The van der Waals surface area contributed by atoms with Gasteiger partial charge in [-0.1, -0.05) is 55.9 Å². The summed E-state index contributed by atoms with van der Waals surface area (Å²) in [6, 6.07) is 14.5. The van der Waals surface area contributed by atoms with Crippen LogP contribution in [0.4, 0.5) is 0 Å². The number of fused-ring (bicyclic) bond motifs is 1. The number of esters is 1. The lowest BCUT2D eigenvalue weighted by molar-refractivity contribution is -0.139. The van der Waals surface area contributed by atoms with Gasteiger partial charge in [-0.2, -0.15) is 0 Å². The molecule has 0 saturated heterocycles. The molecule has 0 bridgehead atoms. The quantitative estimate of drug-likeness (QED) is 0.421. The number of hydrogen-bond acceptors (Lipinski definition) is 8. The molecule has 0 aromatic heterocycles. The van der Waals surface area contributed by atoms with E-state index in [4.69, 9.17) is 19.2 Å². The van der Waals surface area contributed by atoms with Crippen LogP contribution in [0, 0.1) is 5.92 Å². The fraction of sp³-hybridized carbons (Fsp3) is 0.345. The second-order valence-corrected chi connectivity index (χ2v) is 10.1. The van der Waals surface area contributed by atoms with Crippen LogP contribution in [-0.4, -0.2) is 49.3 Å². The summed E-state index contributed by atoms with van der Waals surface area (Å²) < 4.78 is 16.7. The second-order valence-electron chi connectivity index (χ2n) is 9.26. The van der Waals surface area contributed by atoms with Crippen molar-refractivity contribution in [3.63, 3.8) is 0 Å². The fourth-order valence-electron chi connectivity index (χ4n) is 4.34. The van der Waals surface area contributed by atoms with E-state index in [9.17, 15) is 9.59 Å². The number of hydrogen-bond donors (Lipinski definition) is 1. The van der Waals surface area contributed by atoms with E-state index in [-0.39, 0.29) is 18.9 Å². The minimum Gasteiger partial charge on any atom is -0.497 e. The SMILES string of the molecule is CCOC(=O)C1=C(c2ccccc2)N=C2SC=C(CC(=O)NCC(C)C)N2[C@H]1c1cc(OC)cc(OC)c1. The lowest BCUT2D eigenvalue weighted by Gasteiger charge is -2.37. The molecule has 0 unspecified atom stereocenters. The van der Waals surface area contributed by atoms with Gasteiger partial charge in [-0.05, 0) is 35.9 Å². The van der Waals surface area contributed by atoms with Crippen LogP contribution in [0.5, 0.6) is 11.5 Å². The van der Waals surface area contributed by atoms with Crippen LogP contribution in [0.25, 0.3) is 5.70 Å². The minimum absolute atomic E-state index is 0.0932. The molecule has 1 amide bonds. The van der Waals surface area contributed by atoms with E-state index >= 15 is 0 Å². The van der Waals surface area contributed by atoms with Gasteiger partial charge in [0.1, 0.15) is 11.5 Å². The molecule has 1 N–H and O–H groups in total. The number of amidine groups is 1. The van der Waals surface area contributed by atoms with Gasteiger partial charge in [0.25, 0.3) is 0 Å². The Morgan fingerprint density at radius 3 is 2.37 bits per heavy atom. The van der Waals surface area contributed by atoms with Crippen LogP contribution < -0.4 is 14.8 Å². The van der Waals surface area contributed by atoms with E-state index < -0.39 is 12.0 Å². The summed E-state index contributed by atoms with van der Waals surface area (Å²) in [5, 5.41) is 5.59. The number of benzene rings is 2. The van der Waals surface area contributed by atoms with Crippen molar-refractivity contribution < 1.29 is 23.8 Å². The molecule has 1 atom stereocenters. The summed E-state index contributed by atoms with van der Waals surface area (Å²) >= 11 is 1.43. The maximum atomic E-state index is 13.6. The summed E-state index contributed by atoms with van der Waals surface area (Å²) in [6.45, 7) is 6.67. The van der Waals surface area contributed by atoms with Crippen LogP contribution in [0.3, 0.4) is 0 Å². The van der Waals surface area contributed by atoms with Crippen molar-refractivity contribution >= 4 is 34.5 Å². The highest BCUT2D eigenvalue weighted by atomic mass is 32.2. The number of carbonyl (C=O) groups is 2. The van der Waals surface area contributed by atoms with Crippen LogP contribution in [0.2, 0.25) is 0 Å². The first kappa shape index (κ1) is 27.3. The van der Waals surface area contributed by atoms with Crippen LogP contribution in [0.1, 0.15) is 44.4 Å². The molecule has 0 aliphatic carbocycles. The number of ether oxygens (including phenoxy) is 3. The van der Waals surface area contributed by atoms with Crippen LogP contribution in [0.15, 0.2) is 70.2 Å². The van der Waals surface area contributed by atoms with E-state index in [1.807, 2.05) is 66.6 Å². The number of thioether (sulfide) groups is 1. The Labute approximate surface area is 227 Å². The van der Waals surface area contributed by atoms with Gasteiger partial charge in [0.2, 0.25) is 5.91 Å². The van der Waals surface area contributed by atoms with E-state index in [2.05, 4.69) is 5.32 Å². The molecule has 200 valence electrons. The van der Waals surface area contributed by atoms with Gasteiger partial charge in [0.15, 0.2) is 5.17 Å². The van der Waals surface area contributed by atoms with Gasteiger partial charge < -0.3 is 24.4 Å². The predicted molar refractivity (Wildman–Crippen MR) is 150 cm³/mol. The molecule has 2 aliphatic rings. The first-order valence-electron chi connectivity index (χ1n) is 12.6. The summed E-state index contributed by atoms with van der Waals surface area (Å²) in [4.78, 5) is 33.4. The molecule has 0 fully saturated rings. The number of carbonyl (C=O) groups excluding carboxylic acids is 2. The second kappa shape index (κ2) is 12.2. The Morgan fingerprint density at radius 1 is 1.08 bits per heavy atom. The normalized spacial score (nSPS) is 16.6. The van der Waals surface area contributed by atoms with Crippen molar-refractivity contribution in [1.82, 2.24) is 10.2 Å². The molecular weight excluding hydrogens is 502 g/mol. The third kappa shape index (κ3) is 5.88. The fourth-order valence-corrected chi connectivity index (χ4v) is 5.25. The molecule has 0 spiro atoms. The molecule has 2 aliphatic heterocycles. The maximum Gasteiger partial charge on any atom is 0.338 e. The van der Waals surface area contributed by atoms with Gasteiger partial charge in [0, 0.05) is 23.9 Å². The highest BCUT2D eigenvalue weighted by Gasteiger charge is 2.42. The third-order valence-corrected chi connectivity index (χ3v) is 6.98. The average molecular weight is 536 g/mol. The largest absolute Gasteiger partial charge is 0.497 e. The zero-order chi connectivity index (χ0) is 27.2. The zero-order valence-electron chi connectivity index (χ0n) is 22.3. The van der Waals surface area contributed by atoms with Crippen molar-refractivity contribution in [3.8, 4) is 11.5 Å². The number of amides is 1. The number of rotatable bonds is 10. The molecule has 9 heteroatoms. The Bertz CT molecular complexity index is 1260. The van der Waals surface area contributed by atoms with E-state index in [0.717, 1.165) is 16.8 Å². The molecule has 2 heterocycles. The van der Waals surface area contributed by atoms with Crippen molar-refractivity contribution in [2.75, 3.05) is 27.4 Å². The first-order valence-corrected chi connectivity index (χ1v) is 13.4. The smallest absolute Gasteiger partial charge is 0.338 e. The van der Waals surface area contributed by atoms with Gasteiger partial charge in [-0.3, -0.25) is 4.79 Å². The number of methoxy groups -OCH3 is 2. The molecular formula is C29H33N3O5S. The van der Waals surface area contributed by atoms with Gasteiger partial charge >= 0.3 is 5.97 Å². The number of nitrogens with one attached hydrogen (secondary N) is 1. The van der Waals surface area contributed by atoms with Gasteiger partial charge in [-0.25, -0.2) is 9.79 Å². The molecule has 2 aromatic rings. The van der Waals surface area contributed by atoms with Crippen molar-refractivity contribution in [1.29, 1.82) is 0 Å². The maximum absolute atomic E-state index is 13.6. The Hall–Kier alpha value is -3.72. The topological polar surface area (TPSA) is 89.5 Å². The third-order valence-electron chi connectivity index (χ3n) is 6.09. The molecule has 0 radical (unpaired) electrons. The standard InChI is InChI=1S/C29H33N3O5S/c1-6-37-28(34)25-26(19-10-8-7-9-11-19)31-29-32(21(17-38-29)14-24(33)30-16-18(2)3)27(25)20-12-22(35-4)15-23(13-20)36-5/h7-13,15,17-18,27H,6,14,16H2,1-5H3,(H,30,33)/t27-/m0/s1. The molecule has 0 saturated carbocycles.